The van der Waals surface area contributed by atoms with Crippen molar-refractivity contribution < 1.29 is 13.9 Å². The topological polar surface area (TPSA) is 38.3 Å². The maximum atomic E-state index is 13.1. The molecule has 0 saturated carbocycles. The molecule has 1 rings (SSSR count). The number of halogens is 1. The van der Waals surface area contributed by atoms with E-state index >= 15 is 0 Å². The largest absolute Gasteiger partial charge is 0.478 e. The minimum Gasteiger partial charge on any atom is -0.478 e. The van der Waals surface area contributed by atoms with E-state index < -0.39 is 5.82 Å². The zero-order valence-electron chi connectivity index (χ0n) is 10.1. The first-order valence-corrected chi connectivity index (χ1v) is 5.47. The molecule has 1 amide bonds. The Balaban J connectivity index is 2.27. The maximum absolute atomic E-state index is 13.1. The van der Waals surface area contributed by atoms with Gasteiger partial charge in [-0.3, -0.25) is 4.79 Å². The number of nitrogens with one attached hydrogen (secondary N) is 1. The first-order valence-electron chi connectivity index (χ1n) is 5.47. The molecule has 0 aliphatic rings. The van der Waals surface area contributed by atoms with Gasteiger partial charge in [0.1, 0.15) is 6.61 Å². The fourth-order valence-electron chi connectivity index (χ4n) is 1.13. The van der Waals surface area contributed by atoms with Crippen LogP contribution >= 0.6 is 0 Å². The van der Waals surface area contributed by atoms with E-state index in [4.69, 9.17) is 4.74 Å². The standard InChI is InChI=1S/C14H14FNO2/c1-2-7-14(17)16-10-5-6-11-18-13-9-4-3-8-12(13)15/h2-4,7-9H,10-11H2,1H3,(H,16,17)/b7-2+. The number of carbonyl (C=O) groups is 1. The second kappa shape index (κ2) is 7.91. The van der Waals surface area contributed by atoms with Gasteiger partial charge in [-0.1, -0.05) is 30.0 Å². The number of rotatable bonds is 4. The highest BCUT2D eigenvalue weighted by Crippen LogP contribution is 2.14. The van der Waals surface area contributed by atoms with Crippen LogP contribution in [0.3, 0.4) is 0 Å². The van der Waals surface area contributed by atoms with E-state index in [1.807, 2.05) is 0 Å². The molecule has 0 aromatic heterocycles. The highest BCUT2D eigenvalue weighted by Gasteiger charge is 1.98. The molecule has 0 atom stereocenters. The summed E-state index contributed by atoms with van der Waals surface area (Å²) in [4.78, 5) is 11.0. The molecular weight excluding hydrogens is 233 g/mol. The van der Waals surface area contributed by atoms with Crippen molar-refractivity contribution in [2.75, 3.05) is 13.2 Å². The van der Waals surface area contributed by atoms with Crippen molar-refractivity contribution in [1.29, 1.82) is 0 Å². The van der Waals surface area contributed by atoms with Gasteiger partial charge in [-0.05, 0) is 25.1 Å². The molecule has 0 aliphatic carbocycles. The molecule has 94 valence electrons. The average molecular weight is 247 g/mol. The molecule has 0 bridgehead atoms. The van der Waals surface area contributed by atoms with Gasteiger partial charge in [-0.15, -0.1) is 0 Å². The van der Waals surface area contributed by atoms with Gasteiger partial charge in [-0.25, -0.2) is 4.39 Å². The number of ether oxygens (including phenoxy) is 1. The van der Waals surface area contributed by atoms with Crippen LogP contribution in [0.15, 0.2) is 36.4 Å². The summed E-state index contributed by atoms with van der Waals surface area (Å²) in [5.41, 5.74) is 0. The van der Waals surface area contributed by atoms with Gasteiger partial charge in [0.2, 0.25) is 5.91 Å². The highest BCUT2D eigenvalue weighted by atomic mass is 19.1. The number of benzene rings is 1. The summed E-state index contributed by atoms with van der Waals surface area (Å²) in [5.74, 6) is 4.94. The van der Waals surface area contributed by atoms with Crippen LogP contribution in [-0.4, -0.2) is 19.1 Å². The van der Waals surface area contributed by atoms with Gasteiger partial charge in [0.05, 0.1) is 6.54 Å². The van der Waals surface area contributed by atoms with Gasteiger partial charge in [0.25, 0.3) is 0 Å². The molecule has 0 radical (unpaired) electrons. The second-order valence-electron chi connectivity index (χ2n) is 3.29. The third kappa shape index (κ3) is 5.17. The van der Waals surface area contributed by atoms with Crippen molar-refractivity contribution in [1.82, 2.24) is 5.32 Å². The van der Waals surface area contributed by atoms with Gasteiger partial charge >= 0.3 is 0 Å². The van der Waals surface area contributed by atoms with Crippen molar-refractivity contribution in [3.63, 3.8) is 0 Å². The van der Waals surface area contributed by atoms with Crippen molar-refractivity contribution in [3.05, 3.63) is 42.2 Å². The Labute approximate surface area is 106 Å². The van der Waals surface area contributed by atoms with Crippen LogP contribution in [0.2, 0.25) is 0 Å². The minimum atomic E-state index is -0.416. The van der Waals surface area contributed by atoms with Gasteiger partial charge in [0.15, 0.2) is 11.6 Å². The Hall–Kier alpha value is -2.28. The van der Waals surface area contributed by atoms with Crippen LogP contribution in [0, 0.1) is 17.7 Å². The van der Waals surface area contributed by atoms with E-state index in [1.165, 1.54) is 18.2 Å². The molecule has 0 spiro atoms. The Morgan fingerprint density at radius 3 is 2.94 bits per heavy atom. The summed E-state index contributed by atoms with van der Waals surface area (Å²) in [6.07, 6.45) is 3.06. The zero-order chi connectivity index (χ0) is 13.2. The molecule has 0 unspecified atom stereocenters. The molecule has 0 fully saturated rings. The Morgan fingerprint density at radius 1 is 1.44 bits per heavy atom. The van der Waals surface area contributed by atoms with Crippen molar-refractivity contribution in [2.24, 2.45) is 0 Å². The predicted molar refractivity (Wildman–Crippen MR) is 67.5 cm³/mol. The number of allylic oxidation sites excluding steroid dienone is 1. The normalized spacial score (nSPS) is 9.67. The van der Waals surface area contributed by atoms with E-state index in [9.17, 15) is 9.18 Å². The van der Waals surface area contributed by atoms with E-state index in [2.05, 4.69) is 17.2 Å². The first-order chi connectivity index (χ1) is 8.74. The number of amides is 1. The monoisotopic (exact) mass is 247 g/mol. The number of hydrogen-bond donors (Lipinski definition) is 1. The van der Waals surface area contributed by atoms with Crippen LogP contribution in [0.25, 0.3) is 0 Å². The number of para-hydroxylation sites is 1. The summed E-state index contributed by atoms with van der Waals surface area (Å²) in [5, 5.41) is 2.56. The maximum Gasteiger partial charge on any atom is 0.244 e. The molecule has 3 nitrogen and oxygen atoms in total. The summed E-state index contributed by atoms with van der Waals surface area (Å²) in [7, 11) is 0. The van der Waals surface area contributed by atoms with Crippen molar-refractivity contribution >= 4 is 5.91 Å². The fourth-order valence-corrected chi connectivity index (χ4v) is 1.13. The van der Waals surface area contributed by atoms with Gasteiger partial charge in [0, 0.05) is 0 Å². The van der Waals surface area contributed by atoms with Gasteiger partial charge in [-0.2, -0.15) is 0 Å². The number of carbonyl (C=O) groups excluding carboxylic acids is 1. The summed E-state index contributed by atoms with van der Waals surface area (Å²) < 4.78 is 18.2. The Bertz CT molecular complexity index is 486. The second-order valence-corrected chi connectivity index (χ2v) is 3.29. The fraction of sp³-hybridized carbons (Fsp3) is 0.214. The lowest BCUT2D eigenvalue weighted by Gasteiger charge is -2.01. The summed E-state index contributed by atoms with van der Waals surface area (Å²) >= 11 is 0. The molecule has 0 heterocycles. The average Bonchev–Trinajstić information content (AvgIpc) is 2.36. The van der Waals surface area contributed by atoms with Crippen molar-refractivity contribution in [2.45, 2.75) is 6.92 Å². The van der Waals surface area contributed by atoms with Crippen LogP contribution < -0.4 is 10.1 Å². The van der Waals surface area contributed by atoms with Crippen LogP contribution in [0.1, 0.15) is 6.92 Å². The van der Waals surface area contributed by atoms with Gasteiger partial charge < -0.3 is 10.1 Å². The minimum absolute atomic E-state index is 0.0838. The molecule has 0 aliphatic heterocycles. The zero-order valence-corrected chi connectivity index (χ0v) is 10.1. The van der Waals surface area contributed by atoms with Crippen LogP contribution in [0.4, 0.5) is 4.39 Å². The smallest absolute Gasteiger partial charge is 0.244 e. The molecule has 1 aromatic rings. The quantitative estimate of drug-likeness (QED) is 0.652. The third-order valence-electron chi connectivity index (χ3n) is 1.93. The molecular formula is C14H14FNO2. The summed E-state index contributed by atoms with van der Waals surface area (Å²) in [6.45, 7) is 2.08. The molecule has 18 heavy (non-hydrogen) atoms. The highest BCUT2D eigenvalue weighted by molar-refractivity contribution is 5.87. The molecule has 4 heteroatoms. The van der Waals surface area contributed by atoms with Crippen LogP contribution in [0.5, 0.6) is 5.75 Å². The van der Waals surface area contributed by atoms with E-state index in [-0.39, 0.29) is 24.8 Å². The first kappa shape index (κ1) is 13.8. The van der Waals surface area contributed by atoms with E-state index in [0.717, 1.165) is 0 Å². The predicted octanol–water partition coefficient (Wildman–Crippen LogP) is 1.90. The molecule has 0 saturated heterocycles. The lowest BCUT2D eigenvalue weighted by Crippen LogP contribution is -2.21. The Morgan fingerprint density at radius 2 is 2.22 bits per heavy atom. The number of hydrogen-bond acceptors (Lipinski definition) is 2. The molecule has 1 N–H and O–H groups in total. The lowest BCUT2D eigenvalue weighted by atomic mass is 10.3. The van der Waals surface area contributed by atoms with Crippen LogP contribution in [-0.2, 0) is 4.79 Å². The molecule has 1 aromatic carbocycles. The lowest BCUT2D eigenvalue weighted by molar-refractivity contribution is -0.116. The SMILES string of the molecule is C/C=C/C(=O)NCC#CCOc1ccccc1F. The Kier molecular flexibility index (Phi) is 6.05. The third-order valence-corrected chi connectivity index (χ3v) is 1.93. The van der Waals surface area contributed by atoms with E-state index in [0.29, 0.717) is 0 Å². The van der Waals surface area contributed by atoms with E-state index in [1.54, 1.807) is 25.1 Å². The van der Waals surface area contributed by atoms with Crippen molar-refractivity contribution in [3.8, 4) is 17.6 Å². The summed E-state index contributed by atoms with van der Waals surface area (Å²) in [6, 6.07) is 6.12.